The fourth-order valence-corrected chi connectivity index (χ4v) is 4.67. The van der Waals surface area contributed by atoms with Gasteiger partial charge in [-0.3, -0.25) is 0 Å². The summed E-state index contributed by atoms with van der Waals surface area (Å²) < 4.78 is 6.19. The average molecular weight is 402 g/mol. The van der Waals surface area contributed by atoms with Crippen LogP contribution in [0.3, 0.4) is 0 Å². The summed E-state index contributed by atoms with van der Waals surface area (Å²) in [4.78, 5) is 4.25. The van der Waals surface area contributed by atoms with Gasteiger partial charge in [0.05, 0.1) is 20.5 Å². The molecule has 1 heterocycles. The van der Waals surface area contributed by atoms with Crippen LogP contribution in [0.25, 0.3) is 0 Å². The molecule has 0 amide bonds. The highest BCUT2D eigenvalue weighted by atomic mass is 35.5. The molecule has 1 aliphatic rings. The molecule has 0 radical (unpaired) electrons. The Hall–Kier alpha value is -2.88. The van der Waals surface area contributed by atoms with Gasteiger partial charge in [-0.05, 0) is 48.5 Å². The first-order chi connectivity index (χ1) is 13.8. The maximum absolute atomic E-state index is 6.46. The summed E-state index contributed by atoms with van der Waals surface area (Å²) >= 11 is 8.11. The number of hydrogen-bond acceptors (Lipinski definition) is 3. The molecule has 136 valence electrons. The van der Waals surface area contributed by atoms with Gasteiger partial charge in [-0.1, -0.05) is 71.9 Å². The van der Waals surface area contributed by atoms with Gasteiger partial charge in [0.1, 0.15) is 11.5 Å². The zero-order valence-electron chi connectivity index (χ0n) is 14.9. The van der Waals surface area contributed by atoms with Crippen LogP contribution in [-0.2, 0) is 0 Å². The minimum atomic E-state index is 0.703. The van der Waals surface area contributed by atoms with Gasteiger partial charge in [-0.15, -0.1) is 0 Å². The van der Waals surface area contributed by atoms with Crippen molar-refractivity contribution in [2.45, 2.75) is 9.79 Å². The molecular formula is C24H16ClNOS. The monoisotopic (exact) mass is 401 g/mol. The van der Waals surface area contributed by atoms with Gasteiger partial charge in [0.15, 0.2) is 0 Å². The molecule has 4 heteroatoms. The molecule has 0 bridgehead atoms. The summed E-state index contributed by atoms with van der Waals surface area (Å²) in [6, 6.07) is 32.6. The predicted octanol–water partition coefficient (Wildman–Crippen LogP) is 8.07. The zero-order chi connectivity index (χ0) is 18.9. The number of nitrogens with zero attached hydrogens (tertiary/aromatic N) is 1. The molecule has 28 heavy (non-hydrogen) atoms. The summed E-state index contributed by atoms with van der Waals surface area (Å²) in [6.45, 7) is 0. The molecule has 0 fully saturated rings. The van der Waals surface area contributed by atoms with Gasteiger partial charge in [0.25, 0.3) is 0 Å². The molecule has 5 rings (SSSR count). The Morgan fingerprint density at radius 1 is 0.607 bits per heavy atom. The topological polar surface area (TPSA) is 12.5 Å². The quantitative estimate of drug-likeness (QED) is 0.303. The Morgan fingerprint density at radius 3 is 1.82 bits per heavy atom. The molecule has 0 aromatic heterocycles. The lowest BCUT2D eigenvalue weighted by Crippen LogP contribution is -2.12. The second-order valence-electron chi connectivity index (χ2n) is 6.38. The lowest BCUT2D eigenvalue weighted by atomic mass is 10.2. The van der Waals surface area contributed by atoms with E-state index in [-0.39, 0.29) is 0 Å². The number of ether oxygens (including phenoxy) is 1. The van der Waals surface area contributed by atoms with Crippen molar-refractivity contribution in [2.75, 3.05) is 4.90 Å². The van der Waals surface area contributed by atoms with E-state index in [0.29, 0.717) is 5.02 Å². The van der Waals surface area contributed by atoms with Crippen molar-refractivity contribution in [2.24, 2.45) is 0 Å². The minimum absolute atomic E-state index is 0.703. The van der Waals surface area contributed by atoms with Crippen molar-refractivity contribution in [1.29, 1.82) is 0 Å². The Labute approximate surface area is 173 Å². The van der Waals surface area contributed by atoms with Crippen LogP contribution in [0.5, 0.6) is 11.5 Å². The number of fused-ring (bicyclic) bond motifs is 2. The first-order valence-electron chi connectivity index (χ1n) is 8.99. The third kappa shape index (κ3) is 3.03. The first-order valence-corrected chi connectivity index (χ1v) is 10.2. The lowest BCUT2D eigenvalue weighted by molar-refractivity contribution is 0.455. The van der Waals surface area contributed by atoms with E-state index in [4.69, 9.17) is 16.3 Å². The molecule has 0 spiro atoms. The maximum atomic E-state index is 6.46. The van der Waals surface area contributed by atoms with E-state index in [0.717, 1.165) is 38.4 Å². The largest absolute Gasteiger partial charge is 0.455 e. The third-order valence-electron chi connectivity index (χ3n) is 4.58. The second kappa shape index (κ2) is 7.27. The van der Waals surface area contributed by atoms with Crippen molar-refractivity contribution in [3.63, 3.8) is 0 Å². The molecule has 4 aromatic rings. The molecule has 0 N–H and O–H groups in total. The van der Waals surface area contributed by atoms with Crippen LogP contribution in [0.1, 0.15) is 0 Å². The Morgan fingerprint density at radius 2 is 1.18 bits per heavy atom. The van der Waals surface area contributed by atoms with E-state index in [1.807, 2.05) is 42.5 Å². The second-order valence-corrected chi connectivity index (χ2v) is 7.81. The molecule has 0 saturated carbocycles. The minimum Gasteiger partial charge on any atom is -0.455 e. The normalized spacial score (nSPS) is 11.9. The highest BCUT2D eigenvalue weighted by Crippen LogP contribution is 2.54. The number of anilines is 3. The maximum Gasteiger partial charge on any atom is 0.143 e. The fourth-order valence-electron chi connectivity index (χ4n) is 3.33. The summed E-state index contributed by atoms with van der Waals surface area (Å²) in [5, 5.41) is 0.703. The van der Waals surface area contributed by atoms with Gasteiger partial charge >= 0.3 is 0 Å². The predicted molar refractivity (Wildman–Crippen MR) is 117 cm³/mol. The van der Waals surface area contributed by atoms with E-state index >= 15 is 0 Å². The smallest absolute Gasteiger partial charge is 0.143 e. The summed E-state index contributed by atoms with van der Waals surface area (Å²) in [5.74, 6) is 1.64. The Balaban J connectivity index is 1.69. The Bertz CT molecular complexity index is 1090. The van der Waals surface area contributed by atoms with Gasteiger partial charge in [-0.25, -0.2) is 0 Å². The van der Waals surface area contributed by atoms with Crippen molar-refractivity contribution in [3.8, 4) is 11.5 Å². The van der Waals surface area contributed by atoms with Crippen LogP contribution < -0.4 is 9.64 Å². The van der Waals surface area contributed by atoms with Gasteiger partial charge in [0.2, 0.25) is 0 Å². The summed E-state index contributed by atoms with van der Waals surface area (Å²) in [5.41, 5.74) is 3.24. The lowest BCUT2D eigenvalue weighted by Gasteiger charge is -2.30. The number of benzene rings is 4. The third-order valence-corrected chi connectivity index (χ3v) is 6.25. The van der Waals surface area contributed by atoms with Crippen LogP contribution in [0.4, 0.5) is 17.1 Å². The van der Waals surface area contributed by atoms with Crippen molar-refractivity contribution < 1.29 is 4.74 Å². The molecule has 0 atom stereocenters. The zero-order valence-corrected chi connectivity index (χ0v) is 16.5. The number of rotatable bonds is 3. The number of hydrogen-bond donors (Lipinski definition) is 0. The van der Waals surface area contributed by atoms with E-state index < -0.39 is 0 Å². The van der Waals surface area contributed by atoms with Gasteiger partial charge in [0, 0.05) is 11.4 Å². The van der Waals surface area contributed by atoms with Gasteiger partial charge < -0.3 is 9.64 Å². The number of para-hydroxylation sites is 2. The van der Waals surface area contributed by atoms with Crippen LogP contribution in [0, 0.1) is 0 Å². The summed E-state index contributed by atoms with van der Waals surface area (Å²) in [6.07, 6.45) is 0. The molecular weight excluding hydrogens is 386 g/mol. The highest BCUT2D eigenvalue weighted by Gasteiger charge is 2.26. The molecule has 0 saturated heterocycles. The summed E-state index contributed by atoms with van der Waals surface area (Å²) in [7, 11) is 0. The standard InChI is InChI=1S/C24H16ClNOS/c25-19-13-7-15-21-23(19)28-24-20(14-8-16-22(24)27-21)26(17-9-3-1-4-10-17)18-11-5-2-6-12-18/h1-16H. The first kappa shape index (κ1) is 17.2. The molecule has 0 unspecified atom stereocenters. The Kier molecular flexibility index (Phi) is 4.47. The fraction of sp³-hybridized carbons (Fsp3) is 0. The van der Waals surface area contributed by atoms with Crippen molar-refractivity contribution >= 4 is 40.4 Å². The van der Waals surface area contributed by atoms with Crippen LogP contribution in [-0.4, -0.2) is 0 Å². The highest BCUT2D eigenvalue weighted by molar-refractivity contribution is 8.00. The SMILES string of the molecule is Clc1cccc2c1Sc1c(cccc1N(c1ccccc1)c1ccccc1)O2. The average Bonchev–Trinajstić information content (AvgIpc) is 2.75. The van der Waals surface area contributed by atoms with Crippen LogP contribution >= 0.6 is 23.4 Å². The van der Waals surface area contributed by atoms with E-state index in [1.54, 1.807) is 11.8 Å². The molecule has 0 aliphatic carbocycles. The van der Waals surface area contributed by atoms with Crippen LogP contribution in [0.15, 0.2) is 107 Å². The molecule has 1 aliphatic heterocycles. The van der Waals surface area contributed by atoms with Crippen LogP contribution in [0.2, 0.25) is 5.02 Å². The molecule has 4 aromatic carbocycles. The van der Waals surface area contributed by atoms with Gasteiger partial charge in [-0.2, -0.15) is 0 Å². The van der Waals surface area contributed by atoms with E-state index in [1.165, 1.54) is 0 Å². The number of halogens is 1. The molecule has 2 nitrogen and oxygen atoms in total. The van der Waals surface area contributed by atoms with Crippen molar-refractivity contribution in [3.05, 3.63) is 102 Å². The van der Waals surface area contributed by atoms with E-state index in [9.17, 15) is 0 Å². The van der Waals surface area contributed by atoms with Crippen molar-refractivity contribution in [1.82, 2.24) is 0 Å². The van der Waals surface area contributed by atoms with E-state index in [2.05, 4.69) is 59.5 Å².